The molecule has 0 fully saturated rings. The van der Waals surface area contributed by atoms with Gasteiger partial charge >= 0.3 is 0 Å². The molecule has 0 bridgehead atoms. The third-order valence-electron chi connectivity index (χ3n) is 4.03. The molecular formula is C15H17N11S2. The molecule has 0 aliphatic rings. The van der Waals surface area contributed by atoms with Crippen LogP contribution in [0.15, 0.2) is 40.6 Å². The van der Waals surface area contributed by atoms with Gasteiger partial charge in [0.15, 0.2) is 5.69 Å². The van der Waals surface area contributed by atoms with Crippen molar-refractivity contribution in [1.29, 1.82) is 0 Å². The second-order valence-corrected chi connectivity index (χ2v) is 7.24. The Morgan fingerprint density at radius 3 is 2.04 bits per heavy atom. The summed E-state index contributed by atoms with van der Waals surface area (Å²) >= 11 is 2.77. The molecular weight excluding hydrogens is 398 g/mol. The lowest BCUT2D eigenvalue weighted by Crippen LogP contribution is -2.15. The van der Waals surface area contributed by atoms with Crippen molar-refractivity contribution in [1.82, 2.24) is 44.7 Å². The van der Waals surface area contributed by atoms with Gasteiger partial charge in [0.1, 0.15) is 5.69 Å². The quantitative estimate of drug-likeness (QED) is 0.341. The zero-order valence-electron chi connectivity index (χ0n) is 15.1. The highest BCUT2D eigenvalue weighted by molar-refractivity contribution is 7.98. The van der Waals surface area contributed by atoms with Crippen LogP contribution in [-0.4, -0.2) is 57.3 Å². The first kappa shape index (κ1) is 18.3. The molecule has 4 aromatic rings. The van der Waals surface area contributed by atoms with Crippen molar-refractivity contribution in [2.24, 2.45) is 0 Å². The highest BCUT2D eigenvalue weighted by Gasteiger charge is 2.27. The third kappa shape index (κ3) is 3.07. The van der Waals surface area contributed by atoms with Crippen LogP contribution in [0.25, 0.3) is 23.0 Å². The van der Waals surface area contributed by atoms with Gasteiger partial charge in [-0.05, 0) is 18.1 Å². The Morgan fingerprint density at radius 2 is 1.43 bits per heavy atom. The van der Waals surface area contributed by atoms with E-state index in [-0.39, 0.29) is 0 Å². The number of thioether (sulfide) groups is 2. The molecule has 0 amide bonds. The lowest BCUT2D eigenvalue weighted by molar-refractivity contribution is 0.651. The fraction of sp³-hybridized carbons (Fsp3) is 0.200. The van der Waals surface area contributed by atoms with Crippen LogP contribution in [-0.2, 0) is 6.54 Å². The predicted molar refractivity (Wildman–Crippen MR) is 107 cm³/mol. The van der Waals surface area contributed by atoms with Gasteiger partial charge in [-0.2, -0.15) is 0 Å². The molecule has 0 saturated carbocycles. The van der Waals surface area contributed by atoms with Crippen molar-refractivity contribution in [3.8, 4) is 23.0 Å². The number of nitrogens with zero attached hydrogens (tertiary/aromatic N) is 9. The second kappa shape index (κ2) is 7.52. The van der Waals surface area contributed by atoms with Gasteiger partial charge in [-0.25, -0.2) is 14.0 Å². The summed E-state index contributed by atoms with van der Waals surface area (Å²) in [5, 5.41) is 26.3. The summed E-state index contributed by atoms with van der Waals surface area (Å²) in [6, 6.07) is 9.89. The molecule has 1 aromatic carbocycles. The SMILES string of the molecule is CSc1nnc(-c2nnn(Cc3ccccc3)c2-c2nnc(SC)n2N)n1N. The molecule has 0 aliphatic carbocycles. The minimum absolute atomic E-state index is 0.368. The van der Waals surface area contributed by atoms with Crippen LogP contribution in [0.3, 0.4) is 0 Å². The molecule has 0 atom stereocenters. The highest BCUT2D eigenvalue weighted by Crippen LogP contribution is 2.30. The zero-order valence-corrected chi connectivity index (χ0v) is 16.7. The van der Waals surface area contributed by atoms with E-state index in [1.165, 1.54) is 32.9 Å². The molecule has 4 rings (SSSR count). The van der Waals surface area contributed by atoms with Crippen molar-refractivity contribution < 1.29 is 0 Å². The van der Waals surface area contributed by atoms with Crippen LogP contribution >= 0.6 is 23.5 Å². The molecule has 11 nitrogen and oxygen atoms in total. The van der Waals surface area contributed by atoms with E-state index in [1.807, 2.05) is 42.8 Å². The average Bonchev–Trinajstić information content (AvgIpc) is 3.39. The Morgan fingerprint density at radius 1 is 0.821 bits per heavy atom. The second-order valence-electron chi connectivity index (χ2n) is 5.69. The van der Waals surface area contributed by atoms with Crippen molar-refractivity contribution in [2.45, 2.75) is 16.9 Å². The monoisotopic (exact) mass is 415 g/mol. The van der Waals surface area contributed by atoms with Crippen molar-refractivity contribution in [3.05, 3.63) is 35.9 Å². The Kier molecular flexibility index (Phi) is 4.92. The Labute approximate surface area is 168 Å². The van der Waals surface area contributed by atoms with Gasteiger partial charge < -0.3 is 11.7 Å². The third-order valence-corrected chi connectivity index (χ3v) is 5.32. The molecule has 0 aliphatic heterocycles. The fourth-order valence-electron chi connectivity index (χ4n) is 2.71. The number of nitrogen functional groups attached to an aromatic ring is 2. The maximum atomic E-state index is 6.21. The van der Waals surface area contributed by atoms with E-state index in [0.717, 1.165) is 5.56 Å². The van der Waals surface area contributed by atoms with E-state index in [1.54, 1.807) is 4.68 Å². The van der Waals surface area contributed by atoms with E-state index in [0.29, 0.717) is 39.9 Å². The number of rotatable bonds is 6. The summed E-state index contributed by atoms with van der Waals surface area (Å²) in [6.07, 6.45) is 3.74. The Balaban J connectivity index is 1.89. The summed E-state index contributed by atoms with van der Waals surface area (Å²) in [7, 11) is 0. The minimum Gasteiger partial charge on any atom is -0.335 e. The van der Waals surface area contributed by atoms with Gasteiger partial charge in [0.25, 0.3) is 0 Å². The van der Waals surface area contributed by atoms with E-state index in [9.17, 15) is 0 Å². The summed E-state index contributed by atoms with van der Waals surface area (Å²) in [5.74, 6) is 13.1. The van der Waals surface area contributed by atoms with Crippen LogP contribution in [0.2, 0.25) is 0 Å². The van der Waals surface area contributed by atoms with Crippen LogP contribution in [0.1, 0.15) is 5.56 Å². The van der Waals surface area contributed by atoms with E-state index < -0.39 is 0 Å². The van der Waals surface area contributed by atoms with Crippen LogP contribution < -0.4 is 11.7 Å². The maximum Gasteiger partial charge on any atom is 0.209 e. The highest BCUT2D eigenvalue weighted by atomic mass is 32.2. The van der Waals surface area contributed by atoms with Gasteiger partial charge in [0.05, 0.1) is 6.54 Å². The molecule has 13 heteroatoms. The summed E-state index contributed by atoms with van der Waals surface area (Å²) in [4.78, 5) is 0. The molecule has 4 N–H and O–H groups in total. The minimum atomic E-state index is 0.368. The number of aromatic nitrogens is 9. The first-order chi connectivity index (χ1) is 13.6. The summed E-state index contributed by atoms with van der Waals surface area (Å²) in [6.45, 7) is 0.471. The number of hydrogen-bond acceptors (Lipinski definition) is 10. The van der Waals surface area contributed by atoms with E-state index in [2.05, 4.69) is 30.7 Å². The lowest BCUT2D eigenvalue weighted by Gasteiger charge is -2.08. The number of benzene rings is 1. The van der Waals surface area contributed by atoms with Crippen LogP contribution in [0.5, 0.6) is 0 Å². The largest absolute Gasteiger partial charge is 0.335 e. The van der Waals surface area contributed by atoms with Gasteiger partial charge in [0, 0.05) is 0 Å². The topological polar surface area (TPSA) is 144 Å². The lowest BCUT2D eigenvalue weighted by atomic mass is 10.2. The first-order valence-electron chi connectivity index (χ1n) is 8.11. The maximum absolute atomic E-state index is 6.21. The van der Waals surface area contributed by atoms with Gasteiger partial charge in [-0.3, -0.25) is 0 Å². The standard InChI is InChI=1S/C15H17N11S2/c1-27-14-21-19-12(25(14)16)10-11(13-20-22-15(28-2)26(13)17)24(23-18-10)8-9-6-4-3-5-7-9/h3-7H,8,16-17H2,1-2H3. The Bertz CT molecular complexity index is 1100. The van der Waals surface area contributed by atoms with Crippen molar-refractivity contribution >= 4 is 23.5 Å². The van der Waals surface area contributed by atoms with E-state index >= 15 is 0 Å². The van der Waals surface area contributed by atoms with Crippen LogP contribution in [0, 0.1) is 0 Å². The zero-order chi connectivity index (χ0) is 19.7. The number of hydrogen-bond donors (Lipinski definition) is 2. The molecule has 3 aromatic heterocycles. The molecule has 0 saturated heterocycles. The molecule has 0 spiro atoms. The summed E-state index contributed by atoms with van der Waals surface area (Å²) in [5.41, 5.74) is 2.04. The van der Waals surface area contributed by atoms with Gasteiger partial charge in [0.2, 0.25) is 22.0 Å². The van der Waals surface area contributed by atoms with Crippen LogP contribution in [0.4, 0.5) is 0 Å². The molecule has 28 heavy (non-hydrogen) atoms. The first-order valence-corrected chi connectivity index (χ1v) is 10.6. The molecule has 0 unspecified atom stereocenters. The molecule has 144 valence electrons. The summed E-state index contributed by atoms with van der Waals surface area (Å²) < 4.78 is 4.48. The molecule has 3 heterocycles. The van der Waals surface area contributed by atoms with Gasteiger partial charge in [-0.15, -0.1) is 25.5 Å². The average molecular weight is 416 g/mol. The molecule has 0 radical (unpaired) electrons. The van der Waals surface area contributed by atoms with E-state index in [4.69, 9.17) is 11.7 Å². The Hall–Kier alpha value is -3.06. The smallest absolute Gasteiger partial charge is 0.209 e. The van der Waals surface area contributed by atoms with Crippen molar-refractivity contribution in [2.75, 3.05) is 24.2 Å². The van der Waals surface area contributed by atoms with Gasteiger partial charge in [-0.1, -0.05) is 59.1 Å². The van der Waals surface area contributed by atoms with Crippen molar-refractivity contribution in [3.63, 3.8) is 0 Å². The fourth-order valence-corrected chi connectivity index (χ4v) is 3.52. The normalized spacial score (nSPS) is 11.2. The predicted octanol–water partition coefficient (Wildman–Crippen LogP) is 0.715. The number of nitrogens with two attached hydrogens (primary N) is 2.